The highest BCUT2D eigenvalue weighted by Crippen LogP contribution is 2.49. The maximum absolute atomic E-state index is 11.8. The van der Waals surface area contributed by atoms with E-state index in [-0.39, 0.29) is 12.6 Å². The van der Waals surface area contributed by atoms with E-state index in [2.05, 4.69) is 0 Å². The monoisotopic (exact) mass is 238 g/mol. The smallest absolute Gasteiger partial charge is 0.231 e. The molecular formula is C12H14O5. The number of hydrogen-bond acceptors (Lipinski definition) is 5. The van der Waals surface area contributed by atoms with Crippen molar-refractivity contribution in [3.05, 3.63) is 11.6 Å². The third kappa shape index (κ3) is 1.77. The lowest BCUT2D eigenvalue weighted by atomic mass is 10.1. The number of ketones is 1. The van der Waals surface area contributed by atoms with Gasteiger partial charge in [-0.25, -0.2) is 0 Å². The summed E-state index contributed by atoms with van der Waals surface area (Å²) in [6, 6.07) is 1.62. The third-order valence-electron chi connectivity index (χ3n) is 2.61. The second-order valence-electron chi connectivity index (χ2n) is 3.50. The molecule has 1 aliphatic heterocycles. The molecule has 17 heavy (non-hydrogen) atoms. The lowest BCUT2D eigenvalue weighted by Crippen LogP contribution is -2.02. The Bertz CT molecular complexity index is 453. The minimum Gasteiger partial charge on any atom is -0.493 e. The second kappa shape index (κ2) is 4.53. The molecule has 0 bridgehead atoms. The fraction of sp³-hybridized carbons (Fsp3) is 0.417. The predicted octanol–water partition coefficient (Wildman–Crippen LogP) is 2.03. The van der Waals surface area contributed by atoms with Crippen LogP contribution in [0.25, 0.3) is 0 Å². The van der Waals surface area contributed by atoms with Gasteiger partial charge in [-0.05, 0) is 6.07 Å². The Hall–Kier alpha value is -1.91. The molecule has 0 unspecified atom stereocenters. The van der Waals surface area contributed by atoms with Crippen LogP contribution in [0.1, 0.15) is 23.7 Å². The van der Waals surface area contributed by atoms with Crippen molar-refractivity contribution >= 4 is 5.78 Å². The van der Waals surface area contributed by atoms with Gasteiger partial charge in [-0.3, -0.25) is 4.79 Å². The highest BCUT2D eigenvalue weighted by atomic mass is 16.7. The molecule has 1 aromatic rings. The summed E-state index contributed by atoms with van der Waals surface area (Å²) in [6.45, 7) is 1.89. The molecule has 1 heterocycles. The van der Waals surface area contributed by atoms with Gasteiger partial charge in [-0.2, -0.15) is 0 Å². The van der Waals surface area contributed by atoms with Crippen LogP contribution in [0.2, 0.25) is 0 Å². The zero-order valence-electron chi connectivity index (χ0n) is 10.0. The molecule has 1 aliphatic rings. The molecular weight excluding hydrogens is 224 g/mol. The van der Waals surface area contributed by atoms with Gasteiger partial charge in [0.15, 0.2) is 17.3 Å². The first-order valence-electron chi connectivity index (χ1n) is 5.30. The Morgan fingerprint density at radius 1 is 1.29 bits per heavy atom. The van der Waals surface area contributed by atoms with Crippen LogP contribution in [0.5, 0.6) is 23.0 Å². The summed E-state index contributed by atoms with van der Waals surface area (Å²) in [5, 5.41) is 0. The van der Waals surface area contributed by atoms with Gasteiger partial charge in [-0.1, -0.05) is 6.92 Å². The van der Waals surface area contributed by atoms with E-state index in [1.165, 1.54) is 14.2 Å². The fourth-order valence-corrected chi connectivity index (χ4v) is 1.77. The van der Waals surface area contributed by atoms with Crippen LogP contribution in [-0.4, -0.2) is 26.8 Å². The van der Waals surface area contributed by atoms with Crippen molar-refractivity contribution in [3.8, 4) is 23.0 Å². The van der Waals surface area contributed by atoms with Crippen molar-refractivity contribution < 1.29 is 23.7 Å². The summed E-state index contributed by atoms with van der Waals surface area (Å²) in [5.74, 6) is 1.78. The van der Waals surface area contributed by atoms with Crippen LogP contribution < -0.4 is 18.9 Å². The van der Waals surface area contributed by atoms with Gasteiger partial charge in [0.25, 0.3) is 0 Å². The number of carbonyl (C=O) groups excluding carboxylic acids is 1. The fourth-order valence-electron chi connectivity index (χ4n) is 1.77. The Morgan fingerprint density at radius 2 is 2.00 bits per heavy atom. The van der Waals surface area contributed by atoms with Crippen LogP contribution in [0, 0.1) is 0 Å². The van der Waals surface area contributed by atoms with E-state index in [1.807, 2.05) is 0 Å². The molecule has 0 saturated carbocycles. The van der Waals surface area contributed by atoms with Crippen LogP contribution in [0.3, 0.4) is 0 Å². The number of fused-ring (bicyclic) bond motifs is 1. The number of Topliss-reactive ketones (excluding diaryl/α,β-unsaturated/α-hetero) is 1. The molecule has 0 saturated heterocycles. The molecule has 0 amide bonds. The Labute approximate surface area is 99.2 Å². The summed E-state index contributed by atoms with van der Waals surface area (Å²) in [6.07, 6.45) is 0.388. The standard InChI is InChI=1S/C12H14O5/c1-4-8(13)7-5-9(14-2)11-12(10(7)15-3)17-6-16-11/h5H,4,6H2,1-3H3. The molecule has 5 heteroatoms. The molecule has 0 radical (unpaired) electrons. The van der Waals surface area contributed by atoms with Crippen LogP contribution in [-0.2, 0) is 0 Å². The van der Waals surface area contributed by atoms with Crippen molar-refractivity contribution in [1.82, 2.24) is 0 Å². The maximum atomic E-state index is 11.8. The number of rotatable bonds is 4. The normalized spacial score (nSPS) is 12.4. The SMILES string of the molecule is CCC(=O)c1cc(OC)c2c(c1OC)OCO2. The largest absolute Gasteiger partial charge is 0.493 e. The van der Waals surface area contributed by atoms with Gasteiger partial charge in [-0.15, -0.1) is 0 Å². The van der Waals surface area contributed by atoms with E-state index < -0.39 is 0 Å². The van der Waals surface area contributed by atoms with Gasteiger partial charge in [0.1, 0.15) is 0 Å². The number of ether oxygens (including phenoxy) is 4. The molecule has 1 aromatic carbocycles. The molecule has 0 N–H and O–H groups in total. The summed E-state index contributed by atoms with van der Waals surface area (Å²) in [4.78, 5) is 11.8. The van der Waals surface area contributed by atoms with Crippen molar-refractivity contribution in [2.45, 2.75) is 13.3 Å². The van der Waals surface area contributed by atoms with E-state index in [0.717, 1.165) is 0 Å². The molecule has 0 atom stereocenters. The molecule has 0 fully saturated rings. The van der Waals surface area contributed by atoms with E-state index in [9.17, 15) is 4.79 Å². The minimum atomic E-state index is -0.0292. The van der Waals surface area contributed by atoms with Crippen LogP contribution in [0.4, 0.5) is 0 Å². The second-order valence-corrected chi connectivity index (χ2v) is 3.50. The first kappa shape index (κ1) is 11.6. The zero-order chi connectivity index (χ0) is 12.4. The Morgan fingerprint density at radius 3 is 2.59 bits per heavy atom. The maximum Gasteiger partial charge on any atom is 0.231 e. The predicted molar refractivity (Wildman–Crippen MR) is 60.3 cm³/mol. The average molecular weight is 238 g/mol. The van der Waals surface area contributed by atoms with Gasteiger partial charge >= 0.3 is 0 Å². The summed E-state index contributed by atoms with van der Waals surface area (Å²) < 4.78 is 21.0. The quantitative estimate of drug-likeness (QED) is 0.751. The third-order valence-corrected chi connectivity index (χ3v) is 2.61. The van der Waals surface area contributed by atoms with Gasteiger partial charge in [0.05, 0.1) is 19.8 Å². The molecule has 0 aromatic heterocycles. The van der Waals surface area contributed by atoms with E-state index >= 15 is 0 Å². The molecule has 5 nitrogen and oxygen atoms in total. The lowest BCUT2D eigenvalue weighted by molar-refractivity contribution is 0.0984. The van der Waals surface area contributed by atoms with Crippen LogP contribution in [0.15, 0.2) is 6.07 Å². The van der Waals surface area contributed by atoms with Gasteiger partial charge in [0, 0.05) is 6.42 Å². The zero-order valence-corrected chi connectivity index (χ0v) is 10.0. The number of benzene rings is 1. The topological polar surface area (TPSA) is 54.0 Å². The minimum absolute atomic E-state index is 0.0292. The molecule has 0 aliphatic carbocycles. The molecule has 92 valence electrons. The Kier molecular flexibility index (Phi) is 3.08. The first-order chi connectivity index (χ1) is 8.22. The Balaban J connectivity index is 2.63. The number of methoxy groups -OCH3 is 2. The van der Waals surface area contributed by atoms with E-state index in [0.29, 0.717) is 35.0 Å². The highest BCUT2D eigenvalue weighted by molar-refractivity contribution is 6.00. The lowest BCUT2D eigenvalue weighted by Gasteiger charge is -2.12. The van der Waals surface area contributed by atoms with Gasteiger partial charge in [0.2, 0.25) is 18.3 Å². The van der Waals surface area contributed by atoms with Crippen molar-refractivity contribution in [3.63, 3.8) is 0 Å². The van der Waals surface area contributed by atoms with Crippen molar-refractivity contribution in [2.75, 3.05) is 21.0 Å². The van der Waals surface area contributed by atoms with E-state index in [4.69, 9.17) is 18.9 Å². The highest BCUT2D eigenvalue weighted by Gasteiger charge is 2.28. The summed E-state index contributed by atoms with van der Waals surface area (Å²) in [5.41, 5.74) is 0.455. The first-order valence-corrected chi connectivity index (χ1v) is 5.30. The average Bonchev–Trinajstić information content (AvgIpc) is 2.84. The van der Waals surface area contributed by atoms with Crippen molar-refractivity contribution in [1.29, 1.82) is 0 Å². The number of carbonyl (C=O) groups is 1. The van der Waals surface area contributed by atoms with Crippen LogP contribution >= 0.6 is 0 Å². The van der Waals surface area contributed by atoms with Gasteiger partial charge < -0.3 is 18.9 Å². The number of hydrogen-bond donors (Lipinski definition) is 0. The summed E-state index contributed by atoms with van der Waals surface area (Å²) >= 11 is 0. The van der Waals surface area contributed by atoms with E-state index in [1.54, 1.807) is 13.0 Å². The molecule has 0 spiro atoms. The van der Waals surface area contributed by atoms with Crippen molar-refractivity contribution in [2.24, 2.45) is 0 Å². The summed E-state index contributed by atoms with van der Waals surface area (Å²) in [7, 11) is 3.01. The molecule has 2 rings (SSSR count).